The molecule has 27 heavy (non-hydrogen) atoms. The lowest BCUT2D eigenvalue weighted by molar-refractivity contribution is 0.0998. The Labute approximate surface area is 165 Å². The van der Waals surface area contributed by atoms with Crippen molar-refractivity contribution < 1.29 is 17.6 Å². The van der Waals surface area contributed by atoms with Gasteiger partial charge in [0.25, 0.3) is 5.91 Å². The number of benzene rings is 2. The quantitative estimate of drug-likeness (QED) is 0.592. The SMILES string of the molecule is O=C(Nc1ccc(S(=O)(=O)NCC2CC2)cc1)c1cc2cccc(Br)c2o1. The van der Waals surface area contributed by atoms with Crippen LogP contribution in [-0.4, -0.2) is 20.9 Å². The van der Waals surface area contributed by atoms with Gasteiger partial charge in [0, 0.05) is 17.6 Å². The average Bonchev–Trinajstić information content (AvgIpc) is 3.37. The minimum absolute atomic E-state index is 0.175. The molecule has 8 heteroatoms. The second kappa shape index (κ2) is 7.10. The third-order valence-corrected chi connectivity index (χ3v) is 6.47. The largest absolute Gasteiger partial charge is 0.450 e. The molecule has 1 aromatic heterocycles. The van der Waals surface area contributed by atoms with Crippen LogP contribution in [0.2, 0.25) is 0 Å². The van der Waals surface area contributed by atoms with E-state index in [1.54, 1.807) is 18.2 Å². The van der Waals surface area contributed by atoms with E-state index in [1.807, 2.05) is 18.2 Å². The average molecular weight is 449 g/mol. The summed E-state index contributed by atoms with van der Waals surface area (Å²) in [6, 6.07) is 13.3. The molecule has 1 heterocycles. The van der Waals surface area contributed by atoms with E-state index < -0.39 is 15.9 Å². The Hall–Kier alpha value is -2.16. The number of carbonyl (C=O) groups excluding carboxylic acids is 1. The molecular formula is C19H17BrN2O4S. The van der Waals surface area contributed by atoms with Crippen LogP contribution in [0, 0.1) is 5.92 Å². The van der Waals surface area contributed by atoms with Crippen molar-refractivity contribution in [2.75, 3.05) is 11.9 Å². The van der Waals surface area contributed by atoms with Crippen LogP contribution in [0.1, 0.15) is 23.4 Å². The second-order valence-corrected chi connectivity index (χ2v) is 9.16. The molecule has 1 aliphatic carbocycles. The van der Waals surface area contributed by atoms with E-state index in [0.29, 0.717) is 23.7 Å². The molecule has 0 aliphatic heterocycles. The van der Waals surface area contributed by atoms with Gasteiger partial charge in [-0.2, -0.15) is 0 Å². The number of para-hydroxylation sites is 1. The van der Waals surface area contributed by atoms with Crippen molar-refractivity contribution in [3.05, 3.63) is 58.8 Å². The fraction of sp³-hybridized carbons (Fsp3) is 0.211. The molecular weight excluding hydrogens is 432 g/mol. The maximum Gasteiger partial charge on any atom is 0.291 e. The van der Waals surface area contributed by atoms with E-state index >= 15 is 0 Å². The van der Waals surface area contributed by atoms with E-state index in [-0.39, 0.29) is 10.7 Å². The molecule has 1 fully saturated rings. The van der Waals surface area contributed by atoms with Gasteiger partial charge in [-0.15, -0.1) is 0 Å². The third kappa shape index (κ3) is 4.07. The smallest absolute Gasteiger partial charge is 0.291 e. The first-order chi connectivity index (χ1) is 12.9. The standard InChI is InChI=1S/C19H17BrN2O4S/c20-16-3-1-2-13-10-17(26-18(13)16)19(23)22-14-6-8-15(9-7-14)27(24,25)21-11-12-4-5-12/h1-3,6-10,12,21H,4-5,11H2,(H,22,23). The van der Waals surface area contributed by atoms with E-state index in [9.17, 15) is 13.2 Å². The highest BCUT2D eigenvalue weighted by molar-refractivity contribution is 9.10. The zero-order valence-electron chi connectivity index (χ0n) is 14.2. The Kier molecular flexibility index (Phi) is 4.79. The molecule has 0 saturated heterocycles. The van der Waals surface area contributed by atoms with Gasteiger partial charge in [-0.1, -0.05) is 12.1 Å². The van der Waals surface area contributed by atoms with Gasteiger partial charge in [0.1, 0.15) is 5.58 Å². The van der Waals surface area contributed by atoms with Gasteiger partial charge < -0.3 is 9.73 Å². The van der Waals surface area contributed by atoms with Crippen LogP contribution < -0.4 is 10.0 Å². The summed E-state index contributed by atoms with van der Waals surface area (Å²) in [5.74, 6) is 0.238. The number of hydrogen-bond acceptors (Lipinski definition) is 4. The van der Waals surface area contributed by atoms with Crippen LogP contribution in [0.15, 0.2) is 62.3 Å². The third-order valence-electron chi connectivity index (χ3n) is 4.40. The van der Waals surface area contributed by atoms with Gasteiger partial charge in [0.05, 0.1) is 9.37 Å². The zero-order valence-corrected chi connectivity index (χ0v) is 16.6. The lowest BCUT2D eigenvalue weighted by Crippen LogP contribution is -2.25. The summed E-state index contributed by atoms with van der Waals surface area (Å²) >= 11 is 3.39. The summed E-state index contributed by atoms with van der Waals surface area (Å²) in [4.78, 5) is 12.6. The molecule has 0 atom stereocenters. The first kappa shape index (κ1) is 18.2. The van der Waals surface area contributed by atoms with Crippen molar-refractivity contribution in [2.45, 2.75) is 17.7 Å². The predicted octanol–water partition coefficient (Wildman–Crippen LogP) is 4.14. The number of carbonyl (C=O) groups is 1. The minimum Gasteiger partial charge on any atom is -0.450 e. The minimum atomic E-state index is -3.52. The molecule has 140 valence electrons. The number of furan rings is 1. The molecule has 1 saturated carbocycles. The molecule has 6 nitrogen and oxygen atoms in total. The first-order valence-electron chi connectivity index (χ1n) is 8.51. The van der Waals surface area contributed by atoms with Crippen LogP contribution in [-0.2, 0) is 10.0 Å². The Balaban J connectivity index is 1.47. The highest BCUT2D eigenvalue weighted by Gasteiger charge is 2.24. The molecule has 2 N–H and O–H groups in total. The van der Waals surface area contributed by atoms with Crippen molar-refractivity contribution in [3.8, 4) is 0 Å². The fourth-order valence-electron chi connectivity index (χ4n) is 2.68. The van der Waals surface area contributed by atoms with Gasteiger partial charge >= 0.3 is 0 Å². The molecule has 1 aliphatic rings. The van der Waals surface area contributed by atoms with E-state index in [4.69, 9.17) is 4.42 Å². The molecule has 0 radical (unpaired) electrons. The number of fused-ring (bicyclic) bond motifs is 1. The molecule has 3 aromatic rings. The summed E-state index contributed by atoms with van der Waals surface area (Å²) in [7, 11) is -3.52. The second-order valence-electron chi connectivity index (χ2n) is 6.54. The maximum atomic E-state index is 12.4. The van der Waals surface area contributed by atoms with Crippen LogP contribution in [0.4, 0.5) is 5.69 Å². The summed E-state index contributed by atoms with van der Waals surface area (Å²) < 4.78 is 33.5. The number of sulfonamides is 1. The van der Waals surface area contributed by atoms with Crippen molar-refractivity contribution in [2.24, 2.45) is 5.92 Å². The van der Waals surface area contributed by atoms with Crippen molar-refractivity contribution in [1.82, 2.24) is 4.72 Å². The van der Waals surface area contributed by atoms with E-state index in [1.165, 1.54) is 12.1 Å². The lowest BCUT2D eigenvalue weighted by Gasteiger charge is -2.07. The molecule has 0 unspecified atom stereocenters. The maximum absolute atomic E-state index is 12.4. The molecule has 2 aromatic carbocycles. The number of hydrogen-bond donors (Lipinski definition) is 2. The van der Waals surface area contributed by atoms with Gasteiger partial charge in [-0.05, 0) is 71.1 Å². The number of amides is 1. The van der Waals surface area contributed by atoms with Gasteiger partial charge in [-0.25, -0.2) is 13.1 Å². The summed E-state index contributed by atoms with van der Waals surface area (Å²) in [5.41, 5.74) is 1.09. The summed E-state index contributed by atoms with van der Waals surface area (Å²) in [6.07, 6.45) is 2.15. The zero-order chi connectivity index (χ0) is 19.0. The Morgan fingerprint density at radius 1 is 1.15 bits per heavy atom. The normalized spacial score (nSPS) is 14.4. The van der Waals surface area contributed by atoms with Crippen molar-refractivity contribution in [3.63, 3.8) is 0 Å². The van der Waals surface area contributed by atoms with Crippen LogP contribution in [0.3, 0.4) is 0 Å². The van der Waals surface area contributed by atoms with Gasteiger partial charge in [0.2, 0.25) is 10.0 Å². The Morgan fingerprint density at radius 3 is 2.56 bits per heavy atom. The van der Waals surface area contributed by atoms with E-state index in [2.05, 4.69) is 26.0 Å². The first-order valence-corrected chi connectivity index (χ1v) is 10.8. The number of nitrogens with one attached hydrogen (secondary N) is 2. The monoisotopic (exact) mass is 448 g/mol. The summed E-state index contributed by atoms with van der Waals surface area (Å²) in [5, 5.41) is 3.53. The van der Waals surface area contributed by atoms with Crippen molar-refractivity contribution >= 4 is 48.5 Å². The summed E-state index contributed by atoms with van der Waals surface area (Å²) in [6.45, 7) is 0.475. The highest BCUT2D eigenvalue weighted by atomic mass is 79.9. The molecule has 1 amide bonds. The fourth-order valence-corrected chi connectivity index (χ4v) is 4.26. The lowest BCUT2D eigenvalue weighted by atomic mass is 10.2. The van der Waals surface area contributed by atoms with Gasteiger partial charge in [-0.3, -0.25) is 4.79 Å². The van der Waals surface area contributed by atoms with Crippen molar-refractivity contribution in [1.29, 1.82) is 0 Å². The van der Waals surface area contributed by atoms with Gasteiger partial charge in [0.15, 0.2) is 5.76 Å². The Bertz CT molecular complexity index is 1100. The molecule has 0 spiro atoms. The predicted molar refractivity (Wildman–Crippen MR) is 106 cm³/mol. The topological polar surface area (TPSA) is 88.4 Å². The van der Waals surface area contributed by atoms with Crippen LogP contribution in [0.5, 0.6) is 0 Å². The molecule has 0 bridgehead atoms. The Morgan fingerprint density at radius 2 is 1.89 bits per heavy atom. The van der Waals surface area contributed by atoms with Crippen LogP contribution in [0.25, 0.3) is 11.0 Å². The number of halogens is 1. The molecule has 4 rings (SSSR count). The number of anilines is 1. The van der Waals surface area contributed by atoms with Crippen LogP contribution >= 0.6 is 15.9 Å². The highest BCUT2D eigenvalue weighted by Crippen LogP contribution is 2.29. The number of rotatable bonds is 6. The van der Waals surface area contributed by atoms with E-state index in [0.717, 1.165) is 22.7 Å².